The van der Waals surface area contributed by atoms with E-state index in [0.29, 0.717) is 11.2 Å². The fraction of sp³-hybridized carbons (Fsp3) is 0.310. The predicted molar refractivity (Wildman–Crippen MR) is 141 cm³/mol. The van der Waals surface area contributed by atoms with Crippen molar-refractivity contribution in [2.24, 2.45) is 5.73 Å². The molecule has 7 nitrogen and oxygen atoms in total. The summed E-state index contributed by atoms with van der Waals surface area (Å²) in [5.74, 6) is 0.0696. The highest BCUT2D eigenvalue weighted by Gasteiger charge is 2.34. The van der Waals surface area contributed by atoms with Crippen LogP contribution in [0.15, 0.2) is 67.0 Å². The van der Waals surface area contributed by atoms with E-state index >= 15 is 0 Å². The second-order valence-electron chi connectivity index (χ2n) is 9.78. The van der Waals surface area contributed by atoms with Crippen molar-refractivity contribution in [1.82, 2.24) is 14.5 Å². The van der Waals surface area contributed by atoms with Gasteiger partial charge in [-0.3, -0.25) is 9.36 Å². The number of benzene rings is 3. The van der Waals surface area contributed by atoms with Gasteiger partial charge < -0.3 is 20.1 Å². The Morgan fingerprint density at radius 3 is 2.54 bits per heavy atom. The maximum atomic E-state index is 13.6. The number of hydrogen-bond donors (Lipinski definition) is 1. The Labute approximate surface area is 223 Å². The molecule has 3 aromatic carbocycles. The summed E-state index contributed by atoms with van der Waals surface area (Å²) in [6.45, 7) is 3.49. The molecule has 0 radical (unpaired) electrons. The van der Waals surface area contributed by atoms with E-state index in [1.54, 1.807) is 23.0 Å². The van der Waals surface area contributed by atoms with Gasteiger partial charge in [0.05, 0.1) is 27.8 Å². The third kappa shape index (κ3) is 5.70. The largest absolute Gasteiger partial charge is 0.490 e. The maximum absolute atomic E-state index is 13.6. The maximum Gasteiger partial charge on any atom is 0.416 e. The molecule has 2 N–H and O–H groups in total. The van der Waals surface area contributed by atoms with Crippen LogP contribution in [0.25, 0.3) is 16.7 Å². The Balaban J connectivity index is 1.43. The van der Waals surface area contributed by atoms with Crippen molar-refractivity contribution >= 4 is 16.9 Å². The lowest BCUT2D eigenvalue weighted by atomic mass is 10.0. The number of piperidine rings is 1. The summed E-state index contributed by atoms with van der Waals surface area (Å²) in [5, 5.41) is 0. The van der Waals surface area contributed by atoms with E-state index in [2.05, 4.69) is 16.9 Å². The number of ether oxygens (including phenoxy) is 2. The summed E-state index contributed by atoms with van der Waals surface area (Å²) in [4.78, 5) is 18.9. The molecule has 39 heavy (non-hydrogen) atoms. The Bertz CT molecular complexity index is 1490. The summed E-state index contributed by atoms with van der Waals surface area (Å²) in [6.07, 6.45) is -1.83. The molecule has 10 heteroatoms. The van der Waals surface area contributed by atoms with Crippen LogP contribution >= 0.6 is 0 Å². The molecule has 204 valence electrons. The first-order valence-corrected chi connectivity index (χ1v) is 12.7. The highest BCUT2D eigenvalue weighted by molar-refractivity contribution is 5.96. The van der Waals surface area contributed by atoms with Crippen LogP contribution in [0.3, 0.4) is 0 Å². The van der Waals surface area contributed by atoms with E-state index in [1.807, 2.05) is 18.2 Å². The van der Waals surface area contributed by atoms with E-state index < -0.39 is 23.8 Å². The Morgan fingerprint density at radius 1 is 1.08 bits per heavy atom. The van der Waals surface area contributed by atoms with Crippen molar-refractivity contribution in [3.8, 4) is 17.2 Å². The molecule has 1 fully saturated rings. The standard InChI is InChI=1S/C29H29F3N4O3/c1-18(22-5-3-4-6-24(22)29(30,31)32)38-27-15-19(7-9-23(27)28(33)37)36-17-34-25-16-21(8-10-26(25)36)39-20-11-13-35(2)14-12-20/h3-10,15-18,20H,11-14H2,1-2H3,(H2,33,37). The van der Waals surface area contributed by atoms with Crippen LogP contribution in [-0.4, -0.2) is 46.6 Å². The number of carbonyl (C=O) groups is 1. The molecule has 1 aliphatic heterocycles. The molecule has 2 heterocycles. The number of carbonyl (C=O) groups excluding carboxylic acids is 1. The minimum Gasteiger partial charge on any atom is -0.490 e. The molecular weight excluding hydrogens is 509 g/mol. The van der Waals surface area contributed by atoms with Gasteiger partial charge in [0.15, 0.2) is 0 Å². The third-order valence-electron chi connectivity index (χ3n) is 7.00. The van der Waals surface area contributed by atoms with Crippen molar-refractivity contribution in [3.63, 3.8) is 0 Å². The molecular formula is C29H29F3N4O3. The number of fused-ring (bicyclic) bond motifs is 1. The van der Waals surface area contributed by atoms with Crippen molar-refractivity contribution in [2.75, 3.05) is 20.1 Å². The molecule has 1 saturated heterocycles. The number of nitrogens with zero attached hydrogens (tertiary/aromatic N) is 3. The zero-order valence-electron chi connectivity index (χ0n) is 21.6. The van der Waals surface area contributed by atoms with Crippen molar-refractivity contribution in [2.45, 2.75) is 38.1 Å². The lowest BCUT2D eigenvalue weighted by molar-refractivity contribution is -0.139. The SMILES string of the molecule is CC(Oc1cc(-n2cnc3cc(OC4CCN(C)CC4)ccc32)ccc1C(N)=O)c1ccccc1C(F)(F)F. The number of imidazole rings is 1. The first-order valence-electron chi connectivity index (χ1n) is 12.7. The van der Waals surface area contributed by atoms with Gasteiger partial charge >= 0.3 is 6.18 Å². The van der Waals surface area contributed by atoms with Gasteiger partial charge in [-0.2, -0.15) is 13.2 Å². The summed E-state index contributed by atoms with van der Waals surface area (Å²) in [5.41, 5.74) is 6.89. The van der Waals surface area contributed by atoms with Gasteiger partial charge in [0.1, 0.15) is 30.0 Å². The summed E-state index contributed by atoms with van der Waals surface area (Å²) in [7, 11) is 2.10. The van der Waals surface area contributed by atoms with Gasteiger partial charge in [0, 0.05) is 30.8 Å². The van der Waals surface area contributed by atoms with Crippen LogP contribution in [0, 0.1) is 0 Å². The molecule has 4 aromatic rings. The van der Waals surface area contributed by atoms with Crippen LogP contribution in [0.2, 0.25) is 0 Å². The number of aromatic nitrogens is 2. The van der Waals surface area contributed by atoms with Crippen LogP contribution in [-0.2, 0) is 6.18 Å². The van der Waals surface area contributed by atoms with Crippen molar-refractivity contribution in [1.29, 1.82) is 0 Å². The van der Waals surface area contributed by atoms with Crippen molar-refractivity contribution < 1.29 is 27.4 Å². The molecule has 0 spiro atoms. The van der Waals surface area contributed by atoms with Gasteiger partial charge in [0.2, 0.25) is 0 Å². The number of alkyl halides is 3. The summed E-state index contributed by atoms with van der Waals surface area (Å²) >= 11 is 0. The number of likely N-dealkylation sites (tertiary alicyclic amines) is 1. The number of primary amides is 1. The number of rotatable bonds is 7. The zero-order chi connectivity index (χ0) is 27.7. The van der Waals surface area contributed by atoms with Gasteiger partial charge in [-0.05, 0) is 57.1 Å². The monoisotopic (exact) mass is 538 g/mol. The minimum absolute atomic E-state index is 0.0453. The fourth-order valence-electron chi connectivity index (χ4n) is 4.89. The zero-order valence-corrected chi connectivity index (χ0v) is 21.6. The van der Waals surface area contributed by atoms with Gasteiger partial charge in [0.25, 0.3) is 5.91 Å². The van der Waals surface area contributed by atoms with E-state index in [1.165, 1.54) is 31.2 Å². The molecule has 0 aliphatic carbocycles. The summed E-state index contributed by atoms with van der Waals surface area (Å²) < 4.78 is 54.7. The number of hydrogen-bond acceptors (Lipinski definition) is 5. The van der Waals surface area contributed by atoms with Crippen LogP contribution in [0.4, 0.5) is 13.2 Å². The quantitative estimate of drug-likeness (QED) is 0.324. The highest BCUT2D eigenvalue weighted by atomic mass is 19.4. The second kappa shape index (κ2) is 10.6. The first-order chi connectivity index (χ1) is 18.6. The van der Waals surface area contributed by atoms with Gasteiger partial charge in [-0.25, -0.2) is 4.98 Å². The van der Waals surface area contributed by atoms with E-state index in [0.717, 1.165) is 43.3 Å². The smallest absolute Gasteiger partial charge is 0.416 e. The topological polar surface area (TPSA) is 82.6 Å². The van der Waals surface area contributed by atoms with Gasteiger partial charge in [-0.15, -0.1) is 0 Å². The molecule has 1 aromatic heterocycles. The van der Waals surface area contributed by atoms with Crippen LogP contribution in [0.1, 0.15) is 47.4 Å². The Hall–Kier alpha value is -4.05. The highest BCUT2D eigenvalue weighted by Crippen LogP contribution is 2.37. The molecule has 1 aliphatic rings. The molecule has 1 amide bonds. The molecule has 1 atom stereocenters. The lowest BCUT2D eigenvalue weighted by Crippen LogP contribution is -2.35. The van der Waals surface area contributed by atoms with Crippen LogP contribution in [0.5, 0.6) is 11.5 Å². The fourth-order valence-corrected chi connectivity index (χ4v) is 4.89. The van der Waals surface area contributed by atoms with E-state index in [9.17, 15) is 18.0 Å². The molecule has 5 rings (SSSR count). The normalized spacial score (nSPS) is 15.8. The van der Waals surface area contributed by atoms with E-state index in [-0.39, 0.29) is 23.0 Å². The molecule has 0 saturated carbocycles. The number of nitrogens with two attached hydrogens (primary N) is 1. The van der Waals surface area contributed by atoms with E-state index in [4.69, 9.17) is 15.2 Å². The average molecular weight is 539 g/mol. The number of halogens is 3. The predicted octanol–water partition coefficient (Wildman–Crippen LogP) is 5.76. The average Bonchev–Trinajstić information content (AvgIpc) is 3.32. The van der Waals surface area contributed by atoms with Crippen LogP contribution < -0.4 is 15.2 Å². The molecule has 1 unspecified atom stereocenters. The lowest BCUT2D eigenvalue weighted by Gasteiger charge is -2.29. The Morgan fingerprint density at radius 2 is 1.82 bits per heavy atom. The molecule has 0 bridgehead atoms. The van der Waals surface area contributed by atoms with Crippen molar-refractivity contribution in [3.05, 3.63) is 83.7 Å². The second-order valence-corrected chi connectivity index (χ2v) is 9.78. The Kier molecular flexibility index (Phi) is 7.22. The number of amides is 1. The third-order valence-corrected chi connectivity index (χ3v) is 7.00. The first kappa shape index (κ1) is 26.6. The van der Waals surface area contributed by atoms with Gasteiger partial charge in [-0.1, -0.05) is 18.2 Å². The minimum atomic E-state index is -4.55. The summed E-state index contributed by atoms with van der Waals surface area (Å²) in [6, 6.07) is 15.6.